The average molecular weight is 330 g/mol. The lowest BCUT2D eigenvalue weighted by Gasteiger charge is -2.39. The van der Waals surface area contributed by atoms with E-state index in [-0.39, 0.29) is 16.3 Å². The van der Waals surface area contributed by atoms with Crippen molar-refractivity contribution < 1.29 is 4.79 Å². The maximum atomic E-state index is 12.4. The second kappa shape index (κ2) is 7.71. The Bertz CT molecular complexity index is 403. The smallest absolute Gasteiger partial charge is 0.232 e. The Hall–Kier alpha value is -0.710. The largest absolute Gasteiger partial charge is 0.338 e. The number of carbonyl (C=O) groups excluding carboxylic acids is 1. The molecular weight excluding hydrogens is 294 g/mol. The zero-order valence-corrected chi connectivity index (χ0v) is 16.9. The van der Waals surface area contributed by atoms with Crippen LogP contribution in [0.3, 0.4) is 0 Å². The van der Waals surface area contributed by atoms with Crippen molar-refractivity contribution in [2.75, 3.05) is 12.3 Å². The van der Waals surface area contributed by atoms with Crippen LogP contribution in [0, 0.1) is 5.41 Å². The highest BCUT2D eigenvalue weighted by Gasteiger charge is 2.30. The molecule has 0 atom stereocenters. The van der Waals surface area contributed by atoms with Crippen LogP contribution < -0.4 is 5.32 Å². The Labute approximate surface area is 141 Å². The van der Waals surface area contributed by atoms with Crippen molar-refractivity contribution in [3.63, 3.8) is 0 Å². The summed E-state index contributed by atoms with van der Waals surface area (Å²) in [6.45, 7) is 21.3. The van der Waals surface area contributed by atoms with Crippen LogP contribution >= 0.6 is 11.8 Å². The molecule has 4 nitrogen and oxygen atoms in total. The maximum absolute atomic E-state index is 12.4. The Kier molecular flexibility index (Phi) is 7.46. The number of aliphatic imine (C=N–C) groups is 1. The van der Waals surface area contributed by atoms with Gasteiger partial charge < -0.3 is 4.90 Å². The van der Waals surface area contributed by atoms with Crippen molar-refractivity contribution in [3.8, 4) is 0 Å². The Morgan fingerprint density at radius 3 is 1.86 bits per heavy atom. The number of nitrogens with zero attached hydrogens (tertiary/aromatic N) is 2. The van der Waals surface area contributed by atoms with Gasteiger partial charge in [0.1, 0.15) is 4.87 Å². The topological polar surface area (TPSA) is 44.7 Å². The van der Waals surface area contributed by atoms with E-state index < -0.39 is 5.41 Å². The van der Waals surface area contributed by atoms with Gasteiger partial charge in [0.15, 0.2) is 0 Å². The second-order valence-electron chi connectivity index (χ2n) is 7.93. The third-order valence-electron chi connectivity index (χ3n) is 3.16. The van der Waals surface area contributed by atoms with Gasteiger partial charge in [-0.3, -0.25) is 10.1 Å². The van der Waals surface area contributed by atoms with Gasteiger partial charge in [-0.05, 0) is 47.3 Å². The summed E-state index contributed by atoms with van der Waals surface area (Å²) >= 11 is 1.77. The Morgan fingerprint density at radius 2 is 1.55 bits per heavy atom. The zero-order chi connectivity index (χ0) is 17.8. The summed E-state index contributed by atoms with van der Waals surface area (Å²) in [6.07, 6.45) is 0. The predicted molar refractivity (Wildman–Crippen MR) is 99.4 cm³/mol. The van der Waals surface area contributed by atoms with Crippen molar-refractivity contribution in [1.82, 2.24) is 10.2 Å². The quantitative estimate of drug-likeness (QED) is 0.623. The molecule has 0 rings (SSSR count). The second-order valence-corrected chi connectivity index (χ2v) is 9.80. The van der Waals surface area contributed by atoms with Crippen molar-refractivity contribution in [2.45, 2.75) is 79.6 Å². The van der Waals surface area contributed by atoms with E-state index in [1.54, 1.807) is 11.8 Å². The molecule has 0 aliphatic heterocycles. The van der Waals surface area contributed by atoms with Crippen LogP contribution in [-0.2, 0) is 4.79 Å². The maximum Gasteiger partial charge on any atom is 0.232 e. The van der Waals surface area contributed by atoms with Crippen LogP contribution in [0.1, 0.15) is 69.2 Å². The Morgan fingerprint density at radius 1 is 1.05 bits per heavy atom. The standard InChI is InChI=1S/C17H35N3OS/c1-11-20(16(6,7)8)14(18-13(21)15(3,4)5)19-17(9,10)22-12-2/h11-12H2,1-10H3,(H,18,19,21). The predicted octanol–water partition coefficient (Wildman–Crippen LogP) is 4.11. The molecule has 0 unspecified atom stereocenters. The summed E-state index contributed by atoms with van der Waals surface area (Å²) in [5.74, 6) is 1.64. The van der Waals surface area contributed by atoms with E-state index in [0.29, 0.717) is 5.96 Å². The molecule has 0 aliphatic carbocycles. The number of hydrogen-bond donors (Lipinski definition) is 1. The summed E-state index contributed by atoms with van der Waals surface area (Å²) in [4.78, 5) is 19.2. The molecule has 0 aromatic rings. The monoisotopic (exact) mass is 329 g/mol. The summed E-state index contributed by atoms with van der Waals surface area (Å²) in [6, 6.07) is 0. The lowest BCUT2D eigenvalue weighted by atomic mass is 9.96. The molecule has 130 valence electrons. The fourth-order valence-corrected chi connectivity index (χ4v) is 2.88. The number of hydrogen-bond acceptors (Lipinski definition) is 3. The molecule has 0 saturated carbocycles. The Balaban J connectivity index is 5.69. The molecule has 0 bridgehead atoms. The summed E-state index contributed by atoms with van der Waals surface area (Å²) in [5, 5.41) is 3.05. The van der Waals surface area contributed by atoms with Crippen LogP contribution in [-0.4, -0.2) is 39.5 Å². The minimum Gasteiger partial charge on any atom is -0.338 e. The molecule has 1 amide bonds. The van der Waals surface area contributed by atoms with Gasteiger partial charge in [-0.15, -0.1) is 11.8 Å². The van der Waals surface area contributed by atoms with Crippen molar-refractivity contribution >= 4 is 23.6 Å². The SMILES string of the molecule is CCSC(C)(C)N=C(NC(=O)C(C)(C)C)N(CC)C(C)(C)C. The normalized spacial score (nSPS) is 14.0. The molecule has 0 aliphatic rings. The van der Waals surface area contributed by atoms with E-state index in [4.69, 9.17) is 4.99 Å². The minimum absolute atomic E-state index is 0.00810. The number of guanidine groups is 1. The molecule has 0 aromatic heterocycles. The summed E-state index contributed by atoms with van der Waals surface area (Å²) in [5.41, 5.74) is -0.550. The molecule has 0 fully saturated rings. The van der Waals surface area contributed by atoms with Crippen LogP contribution in [0.15, 0.2) is 4.99 Å². The summed E-state index contributed by atoms with van der Waals surface area (Å²) in [7, 11) is 0. The van der Waals surface area contributed by atoms with Gasteiger partial charge in [-0.25, -0.2) is 4.99 Å². The third-order valence-corrected chi connectivity index (χ3v) is 4.25. The zero-order valence-electron chi connectivity index (χ0n) is 16.1. The van der Waals surface area contributed by atoms with Gasteiger partial charge in [0.05, 0.1) is 0 Å². The molecule has 0 heterocycles. The lowest BCUT2D eigenvalue weighted by molar-refractivity contribution is -0.127. The molecule has 22 heavy (non-hydrogen) atoms. The van der Waals surface area contributed by atoms with E-state index in [9.17, 15) is 4.79 Å². The fourth-order valence-electron chi connectivity index (χ4n) is 2.03. The van der Waals surface area contributed by atoms with Crippen LogP contribution in [0.2, 0.25) is 0 Å². The fraction of sp³-hybridized carbons (Fsp3) is 0.882. The molecule has 5 heteroatoms. The van der Waals surface area contributed by atoms with Gasteiger partial charge in [-0.2, -0.15) is 0 Å². The number of amides is 1. The van der Waals surface area contributed by atoms with E-state index in [1.165, 1.54) is 0 Å². The number of rotatable bonds is 4. The first-order valence-electron chi connectivity index (χ1n) is 8.07. The first-order chi connectivity index (χ1) is 9.74. The van der Waals surface area contributed by atoms with Gasteiger partial charge in [-0.1, -0.05) is 27.7 Å². The van der Waals surface area contributed by atoms with Gasteiger partial charge in [0.25, 0.3) is 0 Å². The van der Waals surface area contributed by atoms with Crippen molar-refractivity contribution in [3.05, 3.63) is 0 Å². The summed E-state index contributed by atoms with van der Waals surface area (Å²) < 4.78 is 0. The average Bonchev–Trinajstić information content (AvgIpc) is 2.25. The number of thioether (sulfide) groups is 1. The van der Waals surface area contributed by atoms with Gasteiger partial charge in [0.2, 0.25) is 11.9 Å². The number of carbonyl (C=O) groups is 1. The highest BCUT2D eigenvalue weighted by molar-refractivity contribution is 8.00. The highest BCUT2D eigenvalue weighted by atomic mass is 32.2. The van der Waals surface area contributed by atoms with E-state index >= 15 is 0 Å². The van der Waals surface area contributed by atoms with E-state index in [1.807, 2.05) is 20.8 Å². The first-order valence-corrected chi connectivity index (χ1v) is 9.06. The van der Waals surface area contributed by atoms with Crippen molar-refractivity contribution in [1.29, 1.82) is 0 Å². The molecule has 0 saturated heterocycles. The molecule has 0 spiro atoms. The van der Waals surface area contributed by atoms with E-state index in [0.717, 1.165) is 12.3 Å². The third kappa shape index (κ3) is 7.03. The van der Waals surface area contributed by atoms with Crippen LogP contribution in [0.4, 0.5) is 0 Å². The molecule has 0 radical (unpaired) electrons. The minimum atomic E-state index is -0.444. The molecule has 1 N–H and O–H groups in total. The first kappa shape index (κ1) is 21.3. The van der Waals surface area contributed by atoms with Crippen LogP contribution in [0.25, 0.3) is 0 Å². The molecular formula is C17H35N3OS. The number of nitrogens with one attached hydrogen (secondary N) is 1. The lowest BCUT2D eigenvalue weighted by Crippen LogP contribution is -2.55. The van der Waals surface area contributed by atoms with Crippen molar-refractivity contribution in [2.24, 2.45) is 10.4 Å². The molecule has 0 aromatic carbocycles. The van der Waals surface area contributed by atoms with Crippen LogP contribution in [0.5, 0.6) is 0 Å². The highest BCUT2D eigenvalue weighted by Crippen LogP contribution is 2.27. The van der Waals surface area contributed by atoms with Gasteiger partial charge >= 0.3 is 0 Å². The van der Waals surface area contributed by atoms with E-state index in [2.05, 4.69) is 58.7 Å². The van der Waals surface area contributed by atoms with Gasteiger partial charge in [0, 0.05) is 17.5 Å².